The Morgan fingerprint density at radius 2 is 2.04 bits per heavy atom. The average molecular weight is 384 g/mol. The quantitative estimate of drug-likeness (QED) is 0.324. The molecule has 3 unspecified atom stereocenters. The summed E-state index contributed by atoms with van der Waals surface area (Å²) in [5.41, 5.74) is 3.91. The van der Waals surface area contributed by atoms with E-state index in [9.17, 15) is 28.2 Å². The first-order chi connectivity index (χ1) is 12.3. The smallest absolute Gasteiger partial charge is 0.400 e. The third-order valence-electron chi connectivity index (χ3n) is 3.04. The molecule has 1 aliphatic rings. The van der Waals surface area contributed by atoms with E-state index < -0.39 is 30.2 Å². The number of aldehydes is 1. The van der Waals surface area contributed by atoms with Gasteiger partial charge in [-0.25, -0.2) is 4.98 Å². The zero-order chi connectivity index (χ0) is 20.2. The number of nitrogen functional groups attached to an aromatic ring is 1. The van der Waals surface area contributed by atoms with E-state index in [1.165, 1.54) is 0 Å². The van der Waals surface area contributed by atoms with Crippen LogP contribution in [0.15, 0.2) is 12.4 Å². The second-order valence-corrected chi connectivity index (χ2v) is 4.91. The van der Waals surface area contributed by atoms with E-state index in [-0.39, 0.29) is 12.4 Å². The first-order valence-corrected chi connectivity index (χ1v) is 7.47. The van der Waals surface area contributed by atoms with Crippen molar-refractivity contribution in [2.45, 2.75) is 30.9 Å². The van der Waals surface area contributed by atoms with Crippen LogP contribution in [0.3, 0.4) is 0 Å². The van der Waals surface area contributed by atoms with Crippen molar-refractivity contribution in [1.82, 2.24) is 15.3 Å². The fraction of sp³-hybridized carbons (Fsp3) is 0.643. The van der Waals surface area contributed by atoms with Crippen LogP contribution in [-0.2, 0) is 15.7 Å². The maximum absolute atomic E-state index is 11.8. The molecule has 1 aromatic rings. The van der Waals surface area contributed by atoms with Gasteiger partial charge in [-0.3, -0.25) is 4.98 Å². The van der Waals surface area contributed by atoms with Crippen LogP contribution < -0.4 is 11.1 Å². The van der Waals surface area contributed by atoms with Crippen molar-refractivity contribution < 1.29 is 38.0 Å². The topological polar surface area (TPSA) is 151 Å². The van der Waals surface area contributed by atoms with Gasteiger partial charge >= 0.3 is 6.18 Å². The predicted molar refractivity (Wildman–Crippen MR) is 84.9 cm³/mol. The highest BCUT2D eigenvalue weighted by Gasteiger charge is 2.33. The lowest BCUT2D eigenvalue weighted by Crippen LogP contribution is -2.49. The molecule has 3 atom stereocenters. The molecule has 1 aliphatic heterocycles. The van der Waals surface area contributed by atoms with E-state index >= 15 is 0 Å². The normalized spacial score (nSPS) is 22.3. The number of carbonyl (C=O) groups is 1. The molecular weight excluding hydrogens is 361 g/mol. The summed E-state index contributed by atoms with van der Waals surface area (Å²) in [5, 5.41) is 28.5. The number of nitrogens with zero attached hydrogens (tertiary/aromatic N) is 2. The zero-order valence-corrected chi connectivity index (χ0v) is 14.1. The minimum Gasteiger partial charge on any atom is -0.400 e. The Morgan fingerprint density at radius 1 is 1.38 bits per heavy atom. The molecule has 26 heavy (non-hydrogen) atoms. The standard InChI is InChI=1S/C8H15NO4.C5H4F3N3.CH4O/c10-3-2-9-5-7-8(12)6(11)1-4-13-7;6-5(7,8)3-1-10-2-4(9)11-3;1-2/h3,6-9,11-12H,1-2,4-5H2;1-2H,(H2,9,11);2H,1H3. The molecule has 1 fully saturated rings. The molecule has 0 aromatic carbocycles. The van der Waals surface area contributed by atoms with Crippen LogP contribution in [0.5, 0.6) is 0 Å². The molecule has 0 bridgehead atoms. The molecule has 0 radical (unpaired) electrons. The lowest BCUT2D eigenvalue weighted by atomic mass is 10.0. The van der Waals surface area contributed by atoms with Crippen molar-refractivity contribution in [3.05, 3.63) is 18.1 Å². The number of halogens is 3. The molecule has 1 saturated heterocycles. The van der Waals surface area contributed by atoms with Gasteiger partial charge in [0.2, 0.25) is 0 Å². The van der Waals surface area contributed by atoms with Crippen LogP contribution in [0.1, 0.15) is 12.1 Å². The second-order valence-electron chi connectivity index (χ2n) is 4.91. The van der Waals surface area contributed by atoms with E-state index in [4.69, 9.17) is 15.6 Å². The summed E-state index contributed by atoms with van der Waals surface area (Å²) in [6.45, 7) is 1.07. The highest BCUT2D eigenvalue weighted by atomic mass is 19.4. The monoisotopic (exact) mass is 384 g/mol. The summed E-state index contributed by atoms with van der Waals surface area (Å²) in [6, 6.07) is 0. The summed E-state index contributed by atoms with van der Waals surface area (Å²) in [6.07, 6.45) is -3.57. The maximum atomic E-state index is 11.8. The van der Waals surface area contributed by atoms with Crippen molar-refractivity contribution in [3.8, 4) is 0 Å². The number of aliphatic hydroxyl groups is 3. The lowest BCUT2D eigenvalue weighted by Gasteiger charge is -2.31. The van der Waals surface area contributed by atoms with Crippen molar-refractivity contribution in [2.75, 3.05) is 32.5 Å². The third kappa shape index (κ3) is 9.01. The number of carbonyl (C=O) groups excluding carboxylic acids is 1. The minimum absolute atomic E-state index is 0.236. The van der Waals surface area contributed by atoms with Gasteiger partial charge in [-0.15, -0.1) is 0 Å². The molecule has 6 N–H and O–H groups in total. The van der Waals surface area contributed by atoms with Gasteiger partial charge in [-0.1, -0.05) is 0 Å². The van der Waals surface area contributed by atoms with E-state index in [1.807, 2.05) is 0 Å². The molecule has 1 aromatic heterocycles. The van der Waals surface area contributed by atoms with E-state index in [0.29, 0.717) is 25.8 Å². The molecule has 9 nitrogen and oxygen atoms in total. The van der Waals surface area contributed by atoms with Crippen LogP contribution >= 0.6 is 0 Å². The van der Waals surface area contributed by atoms with Gasteiger partial charge in [0.1, 0.15) is 18.2 Å². The Balaban J connectivity index is 0.000000444. The van der Waals surface area contributed by atoms with Crippen LogP contribution in [-0.4, -0.2) is 76.7 Å². The molecule has 0 amide bonds. The number of ether oxygens (including phenoxy) is 1. The summed E-state index contributed by atoms with van der Waals surface area (Å²) < 4.78 is 40.6. The number of nitrogens with two attached hydrogens (primary N) is 1. The molecule has 0 spiro atoms. The molecule has 2 heterocycles. The van der Waals surface area contributed by atoms with Gasteiger partial charge in [0.15, 0.2) is 5.69 Å². The molecule has 0 saturated carbocycles. The summed E-state index contributed by atoms with van der Waals surface area (Å²) >= 11 is 0. The van der Waals surface area contributed by atoms with Gasteiger partial charge in [0, 0.05) is 20.3 Å². The third-order valence-corrected chi connectivity index (χ3v) is 3.04. The highest BCUT2D eigenvalue weighted by Crippen LogP contribution is 2.26. The first-order valence-electron chi connectivity index (χ1n) is 7.47. The number of alkyl halides is 3. The Labute approximate surface area is 148 Å². The zero-order valence-electron chi connectivity index (χ0n) is 14.1. The van der Waals surface area contributed by atoms with Gasteiger partial charge in [-0.2, -0.15) is 13.2 Å². The molecule has 12 heteroatoms. The number of hydrogen-bond donors (Lipinski definition) is 5. The predicted octanol–water partition coefficient (Wildman–Crippen LogP) is -1.03. The summed E-state index contributed by atoms with van der Waals surface area (Å²) in [7, 11) is 1.00. The van der Waals surface area contributed by atoms with E-state index in [2.05, 4.69) is 15.3 Å². The molecule has 2 rings (SSSR count). The van der Waals surface area contributed by atoms with Crippen molar-refractivity contribution in [2.24, 2.45) is 0 Å². The highest BCUT2D eigenvalue weighted by molar-refractivity contribution is 5.51. The van der Waals surface area contributed by atoms with Crippen LogP contribution in [0.2, 0.25) is 0 Å². The maximum Gasteiger partial charge on any atom is 0.434 e. The number of anilines is 1. The van der Waals surface area contributed by atoms with Crippen molar-refractivity contribution >= 4 is 12.1 Å². The van der Waals surface area contributed by atoms with Gasteiger partial charge in [0.25, 0.3) is 0 Å². The fourth-order valence-electron chi connectivity index (χ4n) is 1.84. The SMILES string of the molecule is CO.Nc1cncc(C(F)(F)F)n1.O=CCNCC1OCCC(O)C1O. The number of hydrogen-bond acceptors (Lipinski definition) is 9. The average Bonchev–Trinajstić information content (AvgIpc) is 2.60. The lowest BCUT2D eigenvalue weighted by molar-refractivity contribution is -0.141. The summed E-state index contributed by atoms with van der Waals surface area (Å²) in [4.78, 5) is 16.3. The van der Waals surface area contributed by atoms with Crippen molar-refractivity contribution in [3.63, 3.8) is 0 Å². The minimum atomic E-state index is -4.47. The number of rotatable bonds is 4. The Morgan fingerprint density at radius 3 is 2.54 bits per heavy atom. The van der Waals surface area contributed by atoms with Crippen molar-refractivity contribution in [1.29, 1.82) is 0 Å². The first kappa shape index (κ1) is 24.1. The summed E-state index contributed by atoms with van der Waals surface area (Å²) in [5.74, 6) is -0.236. The number of nitrogens with one attached hydrogen (secondary N) is 1. The number of aliphatic hydroxyl groups excluding tert-OH is 3. The Kier molecular flexibility index (Phi) is 11.6. The van der Waals surface area contributed by atoms with Gasteiger partial charge in [0.05, 0.1) is 31.1 Å². The number of aromatic nitrogens is 2. The molecular formula is C14H23F3N4O5. The fourth-order valence-corrected chi connectivity index (χ4v) is 1.84. The Hall–Kier alpha value is -1.86. The van der Waals surface area contributed by atoms with Gasteiger partial charge in [-0.05, 0) is 6.42 Å². The van der Waals surface area contributed by atoms with Crippen LogP contribution in [0.25, 0.3) is 0 Å². The molecule has 150 valence electrons. The molecule has 0 aliphatic carbocycles. The van der Waals surface area contributed by atoms with Crippen LogP contribution in [0.4, 0.5) is 19.0 Å². The van der Waals surface area contributed by atoms with E-state index in [1.54, 1.807) is 0 Å². The van der Waals surface area contributed by atoms with E-state index in [0.717, 1.165) is 19.6 Å². The van der Waals surface area contributed by atoms with Gasteiger partial charge < -0.3 is 35.9 Å². The van der Waals surface area contributed by atoms with Crippen LogP contribution in [0, 0.1) is 0 Å². The second kappa shape index (κ2) is 12.5. The Bertz CT molecular complexity index is 522. The largest absolute Gasteiger partial charge is 0.434 e.